The number of carbonyl (C=O) groups is 1. The first-order chi connectivity index (χ1) is 21.9. The van der Waals surface area contributed by atoms with Crippen molar-refractivity contribution in [2.45, 2.75) is 44.8 Å². The Labute approximate surface area is 263 Å². The number of pyridine rings is 1. The van der Waals surface area contributed by atoms with E-state index in [0.717, 1.165) is 50.6 Å². The maximum atomic E-state index is 12.1. The molecule has 0 radical (unpaired) electrons. The highest BCUT2D eigenvalue weighted by Crippen LogP contribution is 2.34. The number of methoxy groups -OCH3 is 1. The molecular formula is C33H40N8O4. The molecule has 236 valence electrons. The fraction of sp³-hybridized carbons (Fsp3) is 0.485. The number of benzene rings is 1. The molecule has 1 amide bonds. The quantitative estimate of drug-likeness (QED) is 0.378. The van der Waals surface area contributed by atoms with Crippen LogP contribution in [0, 0.1) is 11.3 Å². The minimum absolute atomic E-state index is 0.161. The van der Waals surface area contributed by atoms with Crippen molar-refractivity contribution in [3.8, 4) is 29.0 Å². The summed E-state index contributed by atoms with van der Waals surface area (Å²) in [5.74, 6) is 2.18. The second-order valence-electron chi connectivity index (χ2n) is 11.9. The fourth-order valence-corrected chi connectivity index (χ4v) is 6.04. The molecular weight excluding hydrogens is 572 g/mol. The van der Waals surface area contributed by atoms with Gasteiger partial charge in [-0.15, -0.1) is 0 Å². The fourth-order valence-electron chi connectivity index (χ4n) is 6.04. The van der Waals surface area contributed by atoms with Gasteiger partial charge < -0.3 is 29.3 Å². The third-order valence-electron chi connectivity index (χ3n) is 8.95. The van der Waals surface area contributed by atoms with Gasteiger partial charge >= 0.3 is 0 Å². The van der Waals surface area contributed by atoms with E-state index in [-0.39, 0.29) is 5.91 Å². The summed E-state index contributed by atoms with van der Waals surface area (Å²) in [6.07, 6.45) is 3.59. The van der Waals surface area contributed by atoms with E-state index in [1.807, 2.05) is 43.0 Å². The van der Waals surface area contributed by atoms with Crippen LogP contribution in [0.2, 0.25) is 0 Å². The molecule has 3 fully saturated rings. The molecule has 3 aliphatic rings. The van der Waals surface area contributed by atoms with E-state index in [0.29, 0.717) is 73.0 Å². The molecule has 5 heterocycles. The van der Waals surface area contributed by atoms with Crippen LogP contribution in [0.25, 0.3) is 11.3 Å². The van der Waals surface area contributed by atoms with Crippen molar-refractivity contribution in [1.82, 2.24) is 24.8 Å². The van der Waals surface area contributed by atoms with Gasteiger partial charge in [-0.05, 0) is 43.3 Å². The number of likely N-dealkylation sites (tertiary alicyclic amines) is 1. The van der Waals surface area contributed by atoms with Crippen LogP contribution in [0.1, 0.15) is 38.7 Å². The second kappa shape index (κ2) is 13.3. The molecule has 0 atom stereocenters. The minimum atomic E-state index is -0.451. The average molecular weight is 613 g/mol. The molecule has 45 heavy (non-hydrogen) atoms. The summed E-state index contributed by atoms with van der Waals surface area (Å²) in [4.78, 5) is 32.5. The Morgan fingerprint density at radius 2 is 1.87 bits per heavy atom. The van der Waals surface area contributed by atoms with Gasteiger partial charge in [0, 0.05) is 70.3 Å². The zero-order valence-corrected chi connectivity index (χ0v) is 26.2. The van der Waals surface area contributed by atoms with Crippen molar-refractivity contribution in [3.63, 3.8) is 0 Å². The van der Waals surface area contributed by atoms with E-state index in [4.69, 9.17) is 24.2 Å². The Balaban J connectivity index is 1.12. The zero-order valence-electron chi connectivity index (χ0n) is 26.2. The maximum Gasteiger partial charge on any atom is 0.239 e. The lowest BCUT2D eigenvalue weighted by molar-refractivity contribution is -0.134. The number of nitrogens with one attached hydrogen (secondary N) is 1. The SMILES string of the molecule is CCC(=O)N1CCC(C)(Oc2ccc(-c3ccnc(Nc4ccc(N5CCN(C6COC6)CC5)c(OC)n4)n3)cc2C#N)CC1. The highest BCUT2D eigenvalue weighted by molar-refractivity contribution is 5.76. The Morgan fingerprint density at radius 3 is 2.53 bits per heavy atom. The van der Waals surface area contributed by atoms with Crippen molar-refractivity contribution in [2.75, 3.05) is 69.8 Å². The largest absolute Gasteiger partial charge is 0.486 e. The summed E-state index contributed by atoms with van der Waals surface area (Å²) in [7, 11) is 1.63. The number of hydrogen-bond donors (Lipinski definition) is 1. The summed E-state index contributed by atoms with van der Waals surface area (Å²) in [6, 6.07) is 14.1. The number of hydrogen-bond acceptors (Lipinski definition) is 11. The Bertz CT molecular complexity index is 1560. The van der Waals surface area contributed by atoms with E-state index >= 15 is 0 Å². The molecule has 1 N–H and O–H groups in total. The van der Waals surface area contributed by atoms with Crippen LogP contribution < -0.4 is 19.7 Å². The Morgan fingerprint density at radius 1 is 1.09 bits per heavy atom. The Hall–Kier alpha value is -4.47. The van der Waals surface area contributed by atoms with E-state index in [1.54, 1.807) is 25.4 Å². The van der Waals surface area contributed by atoms with E-state index < -0.39 is 5.60 Å². The number of rotatable bonds is 9. The third kappa shape index (κ3) is 6.79. The van der Waals surface area contributed by atoms with Gasteiger partial charge in [-0.3, -0.25) is 9.69 Å². The number of amides is 1. The first kappa shape index (κ1) is 30.6. The maximum absolute atomic E-state index is 12.1. The van der Waals surface area contributed by atoms with E-state index in [9.17, 15) is 10.1 Å². The average Bonchev–Trinajstić information content (AvgIpc) is 3.04. The summed E-state index contributed by atoms with van der Waals surface area (Å²) >= 11 is 0. The minimum Gasteiger partial charge on any atom is -0.486 e. The lowest BCUT2D eigenvalue weighted by atomic mass is 9.92. The number of carbonyl (C=O) groups excluding carboxylic acids is 1. The van der Waals surface area contributed by atoms with Crippen LogP contribution in [0.15, 0.2) is 42.6 Å². The predicted molar refractivity (Wildman–Crippen MR) is 170 cm³/mol. The molecule has 0 unspecified atom stereocenters. The van der Waals surface area contributed by atoms with Gasteiger partial charge in [-0.1, -0.05) is 6.92 Å². The van der Waals surface area contributed by atoms with Gasteiger partial charge in [0.05, 0.1) is 37.6 Å². The molecule has 1 aromatic carbocycles. The normalized spacial score (nSPS) is 18.5. The summed E-state index contributed by atoms with van der Waals surface area (Å²) in [5, 5.41) is 13.2. The number of piperidine rings is 1. The molecule has 3 saturated heterocycles. The second-order valence-corrected chi connectivity index (χ2v) is 11.9. The van der Waals surface area contributed by atoms with Crippen molar-refractivity contribution in [2.24, 2.45) is 0 Å². The van der Waals surface area contributed by atoms with Gasteiger partial charge in [0.2, 0.25) is 17.7 Å². The van der Waals surface area contributed by atoms with Crippen LogP contribution in [-0.4, -0.2) is 102 Å². The zero-order chi connectivity index (χ0) is 31.4. The smallest absolute Gasteiger partial charge is 0.239 e. The molecule has 0 aliphatic carbocycles. The molecule has 0 bridgehead atoms. The number of aromatic nitrogens is 3. The molecule has 6 rings (SSSR count). The van der Waals surface area contributed by atoms with Crippen LogP contribution in [-0.2, 0) is 9.53 Å². The predicted octanol–water partition coefficient (Wildman–Crippen LogP) is 3.85. The van der Waals surface area contributed by atoms with Gasteiger partial charge in [-0.2, -0.15) is 10.2 Å². The van der Waals surface area contributed by atoms with Crippen molar-refractivity contribution in [1.29, 1.82) is 5.26 Å². The lowest BCUT2D eigenvalue weighted by Gasteiger charge is -2.43. The first-order valence-electron chi connectivity index (χ1n) is 15.6. The molecule has 3 aliphatic heterocycles. The molecule has 12 heteroatoms. The monoisotopic (exact) mass is 612 g/mol. The van der Waals surface area contributed by atoms with Crippen LogP contribution in [0.5, 0.6) is 11.6 Å². The van der Waals surface area contributed by atoms with Crippen LogP contribution in [0.4, 0.5) is 17.5 Å². The van der Waals surface area contributed by atoms with E-state index in [2.05, 4.69) is 26.2 Å². The van der Waals surface area contributed by atoms with Gasteiger partial charge in [0.25, 0.3) is 0 Å². The number of ether oxygens (including phenoxy) is 3. The highest BCUT2D eigenvalue weighted by Gasteiger charge is 2.34. The summed E-state index contributed by atoms with van der Waals surface area (Å²) < 4.78 is 17.4. The molecule has 12 nitrogen and oxygen atoms in total. The number of nitrogens with zero attached hydrogens (tertiary/aromatic N) is 7. The first-order valence-corrected chi connectivity index (χ1v) is 15.6. The number of piperazine rings is 1. The molecule has 3 aromatic rings. The topological polar surface area (TPSA) is 129 Å². The van der Waals surface area contributed by atoms with Gasteiger partial charge in [-0.25, -0.2) is 9.97 Å². The van der Waals surface area contributed by atoms with Crippen LogP contribution >= 0.6 is 0 Å². The Kier molecular flexibility index (Phi) is 9.00. The molecule has 0 spiro atoms. The van der Waals surface area contributed by atoms with Crippen molar-refractivity contribution in [3.05, 3.63) is 48.2 Å². The van der Waals surface area contributed by atoms with Crippen molar-refractivity contribution < 1.29 is 19.0 Å². The van der Waals surface area contributed by atoms with Crippen molar-refractivity contribution >= 4 is 23.4 Å². The molecule has 0 saturated carbocycles. The third-order valence-corrected chi connectivity index (χ3v) is 8.95. The van der Waals surface area contributed by atoms with Crippen LogP contribution in [0.3, 0.4) is 0 Å². The summed E-state index contributed by atoms with van der Waals surface area (Å²) in [6.45, 7) is 10.7. The number of anilines is 3. The summed E-state index contributed by atoms with van der Waals surface area (Å²) in [5.41, 5.74) is 2.37. The highest BCUT2D eigenvalue weighted by atomic mass is 16.5. The standard InChI is InChI=1S/C33H40N8O4/c1-4-30(42)41-13-10-33(2,11-14-41)45-28-7-5-23(19-24(28)20-34)26-9-12-35-32(36-26)38-29-8-6-27(31(37-29)43-3)40-17-15-39(16-18-40)25-21-44-22-25/h5-9,12,19,25H,4,10-11,13-18,21-22H2,1-3H3,(H,35,36,37,38). The van der Waals surface area contributed by atoms with Gasteiger partial charge in [0.15, 0.2) is 0 Å². The number of nitriles is 1. The lowest BCUT2D eigenvalue weighted by Crippen LogP contribution is -2.56. The van der Waals surface area contributed by atoms with Gasteiger partial charge in [0.1, 0.15) is 28.9 Å². The van der Waals surface area contributed by atoms with E-state index in [1.165, 1.54) is 0 Å². The molecule has 2 aromatic heterocycles.